The van der Waals surface area contributed by atoms with Crippen LogP contribution >= 0.6 is 11.6 Å². The molecule has 0 aliphatic carbocycles. The Morgan fingerprint density at radius 3 is 2.72 bits per heavy atom. The molecule has 1 heterocycles. The SMILES string of the molecule is CC1(NC(=O)c2ccc(Cl)c(F)c2)CCNCC1. The summed E-state index contributed by atoms with van der Waals surface area (Å²) < 4.78 is 13.3. The Kier molecular flexibility index (Phi) is 3.88. The van der Waals surface area contributed by atoms with Crippen molar-refractivity contribution in [3.8, 4) is 0 Å². The summed E-state index contributed by atoms with van der Waals surface area (Å²) in [5.74, 6) is -0.824. The maximum atomic E-state index is 13.3. The van der Waals surface area contributed by atoms with Gasteiger partial charge < -0.3 is 10.6 Å². The van der Waals surface area contributed by atoms with Gasteiger partial charge in [-0.3, -0.25) is 4.79 Å². The highest BCUT2D eigenvalue weighted by Crippen LogP contribution is 2.19. The fourth-order valence-corrected chi connectivity index (χ4v) is 2.20. The zero-order chi connectivity index (χ0) is 13.2. The molecule has 0 unspecified atom stereocenters. The first-order chi connectivity index (χ1) is 8.50. The second-order valence-electron chi connectivity index (χ2n) is 4.89. The number of nitrogens with one attached hydrogen (secondary N) is 2. The number of carbonyl (C=O) groups is 1. The molecular weight excluding hydrogens is 255 g/mol. The summed E-state index contributed by atoms with van der Waals surface area (Å²) in [5.41, 5.74) is 0.0787. The van der Waals surface area contributed by atoms with E-state index in [-0.39, 0.29) is 16.5 Å². The average Bonchev–Trinajstić information content (AvgIpc) is 2.33. The predicted octanol–water partition coefficient (Wildman–Crippen LogP) is 2.35. The van der Waals surface area contributed by atoms with E-state index in [9.17, 15) is 9.18 Å². The molecule has 0 bridgehead atoms. The molecule has 1 aromatic carbocycles. The second-order valence-corrected chi connectivity index (χ2v) is 5.30. The molecule has 98 valence electrons. The molecule has 1 aliphatic heterocycles. The van der Waals surface area contributed by atoms with E-state index in [1.54, 1.807) is 0 Å². The van der Waals surface area contributed by atoms with Crippen molar-refractivity contribution in [2.75, 3.05) is 13.1 Å². The molecule has 3 nitrogen and oxygen atoms in total. The number of piperidine rings is 1. The molecule has 0 spiro atoms. The molecule has 1 fully saturated rings. The normalized spacial score (nSPS) is 18.4. The zero-order valence-electron chi connectivity index (χ0n) is 10.2. The van der Waals surface area contributed by atoms with Crippen LogP contribution in [0.5, 0.6) is 0 Å². The minimum Gasteiger partial charge on any atom is -0.347 e. The van der Waals surface area contributed by atoms with Crippen LogP contribution in [-0.2, 0) is 0 Å². The molecule has 0 aromatic heterocycles. The zero-order valence-corrected chi connectivity index (χ0v) is 11.0. The van der Waals surface area contributed by atoms with Gasteiger partial charge in [-0.2, -0.15) is 0 Å². The van der Waals surface area contributed by atoms with Crippen LogP contribution in [0.25, 0.3) is 0 Å². The number of benzene rings is 1. The van der Waals surface area contributed by atoms with Gasteiger partial charge in [-0.15, -0.1) is 0 Å². The van der Waals surface area contributed by atoms with Gasteiger partial charge in [0.05, 0.1) is 5.02 Å². The number of hydrogen-bond acceptors (Lipinski definition) is 2. The maximum Gasteiger partial charge on any atom is 0.251 e. The van der Waals surface area contributed by atoms with Crippen LogP contribution in [0.1, 0.15) is 30.1 Å². The molecule has 1 saturated heterocycles. The molecule has 0 saturated carbocycles. The molecule has 1 amide bonds. The summed E-state index contributed by atoms with van der Waals surface area (Å²) >= 11 is 5.59. The summed E-state index contributed by atoms with van der Waals surface area (Å²) in [4.78, 5) is 12.0. The Hall–Kier alpha value is -1.13. The molecule has 2 rings (SSSR count). The first-order valence-electron chi connectivity index (χ1n) is 5.98. The second kappa shape index (κ2) is 5.24. The lowest BCUT2D eigenvalue weighted by molar-refractivity contribution is 0.0887. The number of rotatable bonds is 2. The summed E-state index contributed by atoms with van der Waals surface area (Å²) in [6.45, 7) is 3.77. The van der Waals surface area contributed by atoms with E-state index in [1.165, 1.54) is 18.2 Å². The van der Waals surface area contributed by atoms with Crippen molar-refractivity contribution in [2.24, 2.45) is 0 Å². The lowest BCUT2D eigenvalue weighted by atomic mass is 9.90. The Morgan fingerprint density at radius 1 is 1.44 bits per heavy atom. The Labute approximate surface area is 111 Å². The summed E-state index contributed by atoms with van der Waals surface area (Å²) in [6.07, 6.45) is 1.74. The van der Waals surface area contributed by atoms with Gasteiger partial charge in [0, 0.05) is 11.1 Å². The lowest BCUT2D eigenvalue weighted by Gasteiger charge is -2.35. The van der Waals surface area contributed by atoms with Crippen LogP contribution in [0.2, 0.25) is 5.02 Å². The number of hydrogen-bond donors (Lipinski definition) is 2. The van der Waals surface area contributed by atoms with E-state index in [2.05, 4.69) is 10.6 Å². The number of amides is 1. The van der Waals surface area contributed by atoms with Gasteiger partial charge in [-0.05, 0) is 51.1 Å². The summed E-state index contributed by atoms with van der Waals surface area (Å²) in [6, 6.07) is 4.10. The van der Waals surface area contributed by atoms with Crippen molar-refractivity contribution in [2.45, 2.75) is 25.3 Å². The highest BCUT2D eigenvalue weighted by molar-refractivity contribution is 6.30. The maximum absolute atomic E-state index is 13.3. The minimum atomic E-state index is -0.570. The molecule has 0 radical (unpaired) electrons. The van der Waals surface area contributed by atoms with Gasteiger partial charge in [0.25, 0.3) is 5.91 Å². The van der Waals surface area contributed by atoms with Gasteiger partial charge in [-0.1, -0.05) is 11.6 Å². The smallest absolute Gasteiger partial charge is 0.251 e. The largest absolute Gasteiger partial charge is 0.347 e. The monoisotopic (exact) mass is 270 g/mol. The first-order valence-corrected chi connectivity index (χ1v) is 6.36. The molecule has 1 aliphatic rings. The van der Waals surface area contributed by atoms with Crippen molar-refractivity contribution in [3.63, 3.8) is 0 Å². The minimum absolute atomic E-state index is 0.0274. The van der Waals surface area contributed by atoms with E-state index < -0.39 is 5.82 Å². The van der Waals surface area contributed by atoms with Crippen LogP contribution in [-0.4, -0.2) is 24.5 Å². The van der Waals surface area contributed by atoms with Gasteiger partial charge in [-0.25, -0.2) is 4.39 Å². The first kappa shape index (κ1) is 13.3. The van der Waals surface area contributed by atoms with E-state index in [0.717, 1.165) is 25.9 Å². The van der Waals surface area contributed by atoms with Crippen LogP contribution in [0.3, 0.4) is 0 Å². The molecule has 2 N–H and O–H groups in total. The van der Waals surface area contributed by atoms with Gasteiger partial charge in [0.2, 0.25) is 0 Å². The van der Waals surface area contributed by atoms with Gasteiger partial charge >= 0.3 is 0 Å². The van der Waals surface area contributed by atoms with E-state index in [4.69, 9.17) is 11.6 Å². The van der Waals surface area contributed by atoms with Gasteiger partial charge in [0.15, 0.2) is 0 Å². The highest BCUT2D eigenvalue weighted by Gasteiger charge is 2.28. The third-order valence-corrected chi connectivity index (χ3v) is 3.61. The van der Waals surface area contributed by atoms with Crippen molar-refractivity contribution in [3.05, 3.63) is 34.6 Å². The fourth-order valence-electron chi connectivity index (χ4n) is 2.09. The molecular formula is C13H16ClFN2O. The lowest BCUT2D eigenvalue weighted by Crippen LogP contribution is -2.52. The molecule has 1 aromatic rings. The third kappa shape index (κ3) is 3.00. The third-order valence-electron chi connectivity index (χ3n) is 3.30. The average molecular weight is 271 g/mol. The molecule has 5 heteroatoms. The Balaban J connectivity index is 2.09. The fraction of sp³-hybridized carbons (Fsp3) is 0.462. The Bertz CT molecular complexity index is 458. The molecule has 18 heavy (non-hydrogen) atoms. The highest BCUT2D eigenvalue weighted by atomic mass is 35.5. The van der Waals surface area contributed by atoms with E-state index in [0.29, 0.717) is 5.56 Å². The summed E-state index contributed by atoms with van der Waals surface area (Å²) in [5, 5.41) is 6.24. The predicted molar refractivity (Wildman–Crippen MR) is 69.4 cm³/mol. The number of carbonyl (C=O) groups excluding carboxylic acids is 1. The van der Waals surface area contributed by atoms with Crippen LogP contribution in [0.4, 0.5) is 4.39 Å². The van der Waals surface area contributed by atoms with Crippen LogP contribution in [0.15, 0.2) is 18.2 Å². The van der Waals surface area contributed by atoms with Crippen molar-refractivity contribution >= 4 is 17.5 Å². The van der Waals surface area contributed by atoms with E-state index >= 15 is 0 Å². The van der Waals surface area contributed by atoms with Gasteiger partial charge in [0.1, 0.15) is 5.82 Å². The standard InChI is InChI=1S/C13H16ClFN2O/c1-13(4-6-16-7-5-13)17-12(18)9-2-3-10(14)11(15)8-9/h2-3,8,16H,4-7H2,1H3,(H,17,18). The quantitative estimate of drug-likeness (QED) is 0.866. The van der Waals surface area contributed by atoms with Crippen LogP contribution in [0, 0.1) is 5.82 Å². The summed E-state index contributed by atoms with van der Waals surface area (Å²) in [7, 11) is 0. The number of halogens is 2. The van der Waals surface area contributed by atoms with Crippen molar-refractivity contribution in [1.29, 1.82) is 0 Å². The topological polar surface area (TPSA) is 41.1 Å². The van der Waals surface area contributed by atoms with E-state index in [1.807, 2.05) is 6.92 Å². The van der Waals surface area contributed by atoms with Crippen molar-refractivity contribution in [1.82, 2.24) is 10.6 Å². The van der Waals surface area contributed by atoms with Crippen LogP contribution < -0.4 is 10.6 Å². The Morgan fingerprint density at radius 2 is 2.11 bits per heavy atom. The molecule has 0 atom stereocenters. The van der Waals surface area contributed by atoms with Crippen molar-refractivity contribution < 1.29 is 9.18 Å².